The molecule has 2 aromatic heterocycles. The molecule has 2 aromatic rings. The molecule has 1 saturated heterocycles. The molecule has 1 aliphatic heterocycles. The van der Waals surface area contributed by atoms with Crippen molar-refractivity contribution in [1.29, 1.82) is 0 Å². The number of anilines is 1. The first-order chi connectivity index (χ1) is 11.4. The highest BCUT2D eigenvalue weighted by Crippen LogP contribution is 2.34. The third-order valence-corrected chi connectivity index (χ3v) is 4.53. The minimum atomic E-state index is 0.0872. The van der Waals surface area contributed by atoms with Crippen LogP contribution in [0.1, 0.15) is 18.4 Å². The molecule has 2 aliphatic rings. The first kappa shape index (κ1) is 14.5. The van der Waals surface area contributed by atoms with E-state index in [1.807, 2.05) is 24.4 Å². The molecule has 2 fully saturated rings. The van der Waals surface area contributed by atoms with E-state index in [9.17, 15) is 0 Å². The molecule has 3 heterocycles. The fraction of sp³-hybridized carbons (Fsp3) is 0.471. The zero-order chi connectivity index (χ0) is 15.5. The molecule has 0 bridgehead atoms. The molecule has 0 aromatic carbocycles. The number of hydrogen-bond donors (Lipinski definition) is 0. The van der Waals surface area contributed by atoms with Crippen LogP contribution in [0.5, 0.6) is 0 Å². The third-order valence-electron chi connectivity index (χ3n) is 4.53. The Bertz CT molecular complexity index is 625. The second-order valence-corrected chi connectivity index (χ2v) is 5.93. The second-order valence-electron chi connectivity index (χ2n) is 5.93. The summed E-state index contributed by atoms with van der Waals surface area (Å²) in [5, 5.41) is 0. The molecule has 6 heteroatoms. The van der Waals surface area contributed by atoms with Gasteiger partial charge in [0.25, 0.3) is 0 Å². The van der Waals surface area contributed by atoms with Crippen molar-refractivity contribution in [3.05, 3.63) is 48.5 Å². The van der Waals surface area contributed by atoms with Crippen LogP contribution in [0, 0.1) is 0 Å². The summed E-state index contributed by atoms with van der Waals surface area (Å²) in [4.78, 5) is 15.2. The molecule has 0 spiro atoms. The van der Waals surface area contributed by atoms with Crippen LogP contribution in [-0.2, 0) is 16.1 Å². The lowest BCUT2D eigenvalue weighted by Gasteiger charge is -2.39. The lowest BCUT2D eigenvalue weighted by atomic mass is 10.1. The Balaban J connectivity index is 1.43. The van der Waals surface area contributed by atoms with Gasteiger partial charge >= 0.3 is 0 Å². The van der Waals surface area contributed by atoms with Crippen molar-refractivity contribution in [3.63, 3.8) is 0 Å². The summed E-state index contributed by atoms with van der Waals surface area (Å²) in [7, 11) is 0. The minimum absolute atomic E-state index is 0.0872. The van der Waals surface area contributed by atoms with Crippen molar-refractivity contribution in [1.82, 2.24) is 15.0 Å². The Labute approximate surface area is 135 Å². The predicted molar refractivity (Wildman–Crippen MR) is 85.0 cm³/mol. The summed E-state index contributed by atoms with van der Waals surface area (Å²) in [5.41, 5.74) is 1.09. The van der Waals surface area contributed by atoms with E-state index in [2.05, 4.69) is 19.9 Å². The van der Waals surface area contributed by atoms with E-state index in [1.165, 1.54) is 0 Å². The lowest BCUT2D eigenvalue weighted by molar-refractivity contribution is -0.0773. The Morgan fingerprint density at radius 2 is 2.09 bits per heavy atom. The van der Waals surface area contributed by atoms with Crippen molar-refractivity contribution in [3.8, 4) is 0 Å². The summed E-state index contributed by atoms with van der Waals surface area (Å²) in [6, 6.07) is 6.10. The van der Waals surface area contributed by atoms with Crippen molar-refractivity contribution in [2.45, 2.75) is 37.7 Å². The molecular weight excluding hydrogens is 292 g/mol. The topological polar surface area (TPSA) is 60.4 Å². The first-order valence-electron chi connectivity index (χ1n) is 8.07. The maximum absolute atomic E-state index is 6.11. The van der Waals surface area contributed by atoms with Gasteiger partial charge in [0.05, 0.1) is 25.4 Å². The number of nitrogens with zero attached hydrogens (tertiary/aromatic N) is 4. The maximum Gasteiger partial charge on any atom is 0.225 e. The van der Waals surface area contributed by atoms with Gasteiger partial charge in [0, 0.05) is 31.3 Å². The average Bonchev–Trinajstić information content (AvgIpc) is 3.05. The summed E-state index contributed by atoms with van der Waals surface area (Å²) in [6.07, 6.45) is 9.45. The Morgan fingerprint density at radius 1 is 1.17 bits per heavy atom. The summed E-state index contributed by atoms with van der Waals surface area (Å²) in [6.45, 7) is 2.10. The van der Waals surface area contributed by atoms with Crippen LogP contribution in [0.15, 0.2) is 43.0 Å². The van der Waals surface area contributed by atoms with E-state index in [0.717, 1.165) is 30.9 Å². The van der Waals surface area contributed by atoms with Gasteiger partial charge in [-0.3, -0.25) is 4.98 Å². The smallest absolute Gasteiger partial charge is 0.225 e. The van der Waals surface area contributed by atoms with Crippen LogP contribution in [0.2, 0.25) is 0 Å². The molecule has 0 radical (unpaired) electrons. The first-order valence-corrected chi connectivity index (χ1v) is 8.07. The van der Waals surface area contributed by atoms with Gasteiger partial charge in [-0.05, 0) is 30.5 Å². The number of rotatable bonds is 4. The van der Waals surface area contributed by atoms with Crippen molar-refractivity contribution < 1.29 is 9.47 Å². The highest BCUT2D eigenvalue weighted by Gasteiger charge is 2.44. The van der Waals surface area contributed by atoms with E-state index in [-0.39, 0.29) is 12.2 Å². The number of ether oxygens (including phenoxy) is 2. The van der Waals surface area contributed by atoms with E-state index in [0.29, 0.717) is 19.3 Å². The standard InChI is InChI=1S/C17H20N4O2/c1-3-13(11-18-6-1)12-23-15-5-4-14-16(15)22-10-9-21(14)17-19-7-2-8-20-17/h1-3,6-8,11,14-16H,4-5,9-10,12H2/t14-,15-,16+/m1/s1. The molecule has 0 amide bonds. The van der Waals surface area contributed by atoms with Gasteiger partial charge < -0.3 is 14.4 Å². The van der Waals surface area contributed by atoms with Gasteiger partial charge in [-0.25, -0.2) is 9.97 Å². The van der Waals surface area contributed by atoms with Gasteiger partial charge in [-0.15, -0.1) is 0 Å². The molecule has 0 unspecified atom stereocenters. The quantitative estimate of drug-likeness (QED) is 0.858. The fourth-order valence-corrected chi connectivity index (χ4v) is 3.47. The van der Waals surface area contributed by atoms with E-state index >= 15 is 0 Å². The van der Waals surface area contributed by atoms with Gasteiger partial charge in [0.2, 0.25) is 5.95 Å². The molecule has 1 aliphatic carbocycles. The normalized spacial score (nSPS) is 27.0. The van der Waals surface area contributed by atoms with Gasteiger partial charge in [-0.2, -0.15) is 0 Å². The van der Waals surface area contributed by atoms with Crippen molar-refractivity contribution >= 4 is 5.95 Å². The Hall–Kier alpha value is -2.05. The average molecular weight is 312 g/mol. The maximum atomic E-state index is 6.11. The zero-order valence-electron chi connectivity index (χ0n) is 12.9. The van der Waals surface area contributed by atoms with E-state index in [4.69, 9.17) is 9.47 Å². The van der Waals surface area contributed by atoms with Crippen LogP contribution in [0.25, 0.3) is 0 Å². The molecular formula is C17H20N4O2. The molecule has 120 valence electrons. The van der Waals surface area contributed by atoms with Crippen LogP contribution in [0.3, 0.4) is 0 Å². The van der Waals surface area contributed by atoms with Crippen LogP contribution >= 0.6 is 0 Å². The van der Waals surface area contributed by atoms with Crippen molar-refractivity contribution in [2.75, 3.05) is 18.1 Å². The SMILES string of the molecule is c1cnc(N2CCO[C@H]3[C@H]2CC[C@H]3OCc2cccnc2)nc1. The van der Waals surface area contributed by atoms with E-state index < -0.39 is 0 Å². The fourth-order valence-electron chi connectivity index (χ4n) is 3.47. The lowest BCUT2D eigenvalue weighted by Crippen LogP contribution is -2.52. The minimum Gasteiger partial charge on any atom is -0.372 e. The predicted octanol–water partition coefficient (Wildman–Crippen LogP) is 1.82. The molecule has 23 heavy (non-hydrogen) atoms. The molecule has 0 N–H and O–H groups in total. The van der Waals surface area contributed by atoms with Gasteiger partial charge in [0.15, 0.2) is 0 Å². The zero-order valence-corrected chi connectivity index (χ0v) is 12.9. The second kappa shape index (κ2) is 6.60. The van der Waals surface area contributed by atoms with Crippen LogP contribution < -0.4 is 4.90 Å². The van der Waals surface area contributed by atoms with Crippen molar-refractivity contribution in [2.24, 2.45) is 0 Å². The number of fused-ring (bicyclic) bond motifs is 1. The van der Waals surface area contributed by atoms with E-state index in [1.54, 1.807) is 18.6 Å². The molecule has 3 atom stereocenters. The number of pyridine rings is 1. The highest BCUT2D eigenvalue weighted by atomic mass is 16.5. The van der Waals surface area contributed by atoms with Crippen LogP contribution in [-0.4, -0.2) is 46.4 Å². The molecule has 4 rings (SSSR count). The summed E-state index contributed by atoms with van der Waals surface area (Å²) < 4.78 is 12.1. The molecule has 1 saturated carbocycles. The number of morpholine rings is 1. The molecule has 6 nitrogen and oxygen atoms in total. The number of hydrogen-bond acceptors (Lipinski definition) is 6. The Kier molecular flexibility index (Phi) is 4.17. The monoisotopic (exact) mass is 312 g/mol. The van der Waals surface area contributed by atoms with Gasteiger partial charge in [-0.1, -0.05) is 6.07 Å². The van der Waals surface area contributed by atoms with Crippen LogP contribution in [0.4, 0.5) is 5.95 Å². The highest BCUT2D eigenvalue weighted by molar-refractivity contribution is 5.33. The summed E-state index contributed by atoms with van der Waals surface area (Å²) in [5.74, 6) is 0.790. The summed E-state index contributed by atoms with van der Waals surface area (Å²) >= 11 is 0. The number of aromatic nitrogens is 3. The van der Waals surface area contributed by atoms with Gasteiger partial charge in [0.1, 0.15) is 6.10 Å². The Morgan fingerprint density at radius 3 is 2.91 bits per heavy atom. The largest absolute Gasteiger partial charge is 0.372 e. The third kappa shape index (κ3) is 3.04.